The molecule has 0 spiro atoms. The second-order valence-corrected chi connectivity index (χ2v) is 10.5. The second-order valence-electron chi connectivity index (χ2n) is 9.86. The fraction of sp³-hybridized carbons (Fsp3) is 0.625. The monoisotopic (exact) mass is 561 g/mol. The van der Waals surface area contributed by atoms with Crippen molar-refractivity contribution in [3.63, 3.8) is 0 Å². The van der Waals surface area contributed by atoms with Crippen molar-refractivity contribution in [3.05, 3.63) is 59.7 Å². The molecule has 0 radical (unpaired) electrons. The molecule has 2 aromatic carbocycles. The third-order valence-corrected chi connectivity index (χ3v) is 7.38. The summed E-state index contributed by atoms with van der Waals surface area (Å²) >= 11 is 0.578. The van der Waals surface area contributed by atoms with Gasteiger partial charge in [-0.3, -0.25) is 0 Å². The van der Waals surface area contributed by atoms with Gasteiger partial charge in [0.2, 0.25) is 0 Å². The van der Waals surface area contributed by atoms with Gasteiger partial charge in [0.25, 0.3) is 0 Å². The third kappa shape index (κ3) is 16.8. The molecule has 2 aromatic rings. The van der Waals surface area contributed by atoms with E-state index in [2.05, 4.69) is 62.4 Å². The average Bonchev–Trinajstić information content (AvgIpc) is 2.89. The smallest absolute Gasteiger partial charge is 0.412 e. The van der Waals surface area contributed by atoms with Crippen molar-refractivity contribution >= 4 is 0 Å². The number of hydrogen-bond donors (Lipinski definition) is 0. The van der Waals surface area contributed by atoms with Crippen LogP contribution in [0.25, 0.3) is 0 Å². The molecule has 0 saturated heterocycles. The van der Waals surface area contributed by atoms with Crippen molar-refractivity contribution in [1.82, 2.24) is 0 Å². The Kier molecular flexibility index (Phi) is 23.8. The molecule has 0 fully saturated rings. The van der Waals surface area contributed by atoms with E-state index in [4.69, 9.17) is 7.70 Å². The summed E-state index contributed by atoms with van der Waals surface area (Å²) in [7, 11) is 0. The molecule has 0 heterocycles. The Morgan fingerprint density at radius 3 is 1.16 bits per heavy atom. The first-order valence-corrected chi connectivity index (χ1v) is 15.3. The summed E-state index contributed by atoms with van der Waals surface area (Å²) in [6.07, 6.45) is 23.7. The molecule has 0 unspecified atom stereocenters. The summed E-state index contributed by atoms with van der Waals surface area (Å²) in [6, 6.07) is 16.9. The summed E-state index contributed by atoms with van der Waals surface area (Å²) in [5, 5.41) is 0. The van der Waals surface area contributed by atoms with E-state index in [9.17, 15) is 0 Å². The zero-order chi connectivity index (χ0) is 24.8. The Labute approximate surface area is 234 Å². The maximum absolute atomic E-state index is 6.05. The van der Waals surface area contributed by atoms with Crippen molar-refractivity contribution in [1.29, 1.82) is 0 Å². The molecule has 5 heteroatoms. The fourth-order valence-corrected chi connectivity index (χ4v) is 5.17. The number of benzene rings is 2. The summed E-state index contributed by atoms with van der Waals surface area (Å²) < 4.78 is 12.1. The molecule has 215 valence electrons. The van der Waals surface area contributed by atoms with Crippen LogP contribution in [0.15, 0.2) is 48.5 Å². The van der Waals surface area contributed by atoms with E-state index in [-0.39, 0.29) is 11.0 Å². The quantitative estimate of drug-likeness (QED) is 0.135. The summed E-state index contributed by atoms with van der Waals surface area (Å²) in [4.78, 5) is 0. The minimum Gasteiger partial charge on any atom is -0.412 e. The Morgan fingerprint density at radius 2 is 0.784 bits per heavy atom. The molecular formula is C32H54CoO4. The van der Waals surface area contributed by atoms with Crippen LogP contribution in [0.5, 0.6) is 11.5 Å². The van der Waals surface area contributed by atoms with Gasteiger partial charge >= 0.3 is 210 Å². The zero-order valence-corrected chi connectivity index (χ0v) is 24.5. The Hall–Kier alpha value is -1.53. The van der Waals surface area contributed by atoms with Crippen molar-refractivity contribution < 1.29 is 34.0 Å². The predicted molar refractivity (Wildman–Crippen MR) is 154 cm³/mol. The van der Waals surface area contributed by atoms with E-state index in [0.29, 0.717) is 15.3 Å². The van der Waals surface area contributed by atoms with E-state index in [1.54, 1.807) is 0 Å². The average molecular weight is 562 g/mol. The predicted octanol–water partition coefficient (Wildman–Crippen LogP) is 8.77. The van der Waals surface area contributed by atoms with Crippen LogP contribution in [-0.2, 0) is 28.2 Å². The maximum atomic E-state index is 6.05. The Morgan fingerprint density at radius 1 is 0.459 bits per heavy atom. The molecule has 0 aliphatic carbocycles. The second kappa shape index (κ2) is 24.8. The first-order chi connectivity index (χ1) is 17.3. The molecule has 0 atom stereocenters. The van der Waals surface area contributed by atoms with Crippen molar-refractivity contribution in [2.45, 2.75) is 129 Å². The summed E-state index contributed by atoms with van der Waals surface area (Å²) in [6.45, 7) is 4.56. The van der Waals surface area contributed by atoms with Gasteiger partial charge in [0.05, 0.1) is 0 Å². The zero-order valence-electron chi connectivity index (χ0n) is 23.5. The number of rotatable bonds is 22. The molecule has 0 amide bonds. The molecule has 4 N–H and O–H groups in total. The summed E-state index contributed by atoms with van der Waals surface area (Å²) in [5.41, 5.74) is 2.58. The van der Waals surface area contributed by atoms with E-state index in [0.717, 1.165) is 24.3 Å². The van der Waals surface area contributed by atoms with Crippen LogP contribution in [0.2, 0.25) is 0 Å². The molecule has 4 nitrogen and oxygen atoms in total. The third-order valence-electron chi connectivity index (χ3n) is 6.75. The normalized spacial score (nSPS) is 10.5. The van der Waals surface area contributed by atoms with Crippen molar-refractivity contribution in [2.75, 3.05) is 0 Å². The molecule has 0 aliphatic rings. The fourth-order valence-electron chi connectivity index (χ4n) is 4.53. The standard InChI is InChI=1S/2C16H26O.Co.2H2O/c2*1-2-3-4-5-6-7-8-9-12-15-13-10-11-14-16(15)17;;;/h2*10-11,13-14,17H,2-9,12H2,1H3;;2*1H2/q;;+2;;/p-2. The van der Waals surface area contributed by atoms with Crippen LogP contribution in [-0.4, -0.2) is 11.0 Å². The molecule has 0 bridgehead atoms. The van der Waals surface area contributed by atoms with E-state index >= 15 is 0 Å². The Balaban J connectivity index is 0.00000648. The van der Waals surface area contributed by atoms with Crippen LogP contribution in [0.3, 0.4) is 0 Å². The minimum absolute atomic E-state index is 0. The number of hydrogen-bond acceptors (Lipinski definition) is 2. The van der Waals surface area contributed by atoms with Crippen LogP contribution >= 0.6 is 0 Å². The van der Waals surface area contributed by atoms with Gasteiger partial charge in [-0.2, -0.15) is 0 Å². The van der Waals surface area contributed by atoms with Gasteiger partial charge in [0.1, 0.15) is 0 Å². The van der Waals surface area contributed by atoms with Gasteiger partial charge in [-0.05, 0) is 0 Å². The molecule has 2 rings (SSSR count). The van der Waals surface area contributed by atoms with Gasteiger partial charge in [0.15, 0.2) is 0 Å². The first kappa shape index (κ1) is 35.5. The van der Waals surface area contributed by atoms with Gasteiger partial charge in [-0.25, -0.2) is 0 Å². The van der Waals surface area contributed by atoms with Crippen LogP contribution in [0.4, 0.5) is 0 Å². The van der Waals surface area contributed by atoms with Crippen LogP contribution in [0.1, 0.15) is 128 Å². The van der Waals surface area contributed by atoms with Crippen LogP contribution < -0.4 is 7.70 Å². The topological polar surface area (TPSA) is 81.5 Å². The Bertz CT molecular complexity index is 704. The van der Waals surface area contributed by atoms with Crippen molar-refractivity contribution in [2.24, 2.45) is 0 Å². The van der Waals surface area contributed by atoms with Crippen LogP contribution in [0, 0.1) is 0 Å². The molecular weight excluding hydrogens is 507 g/mol. The van der Waals surface area contributed by atoms with Gasteiger partial charge < -0.3 is 11.0 Å². The molecule has 37 heavy (non-hydrogen) atoms. The molecule has 0 aromatic heterocycles. The van der Waals surface area contributed by atoms with Gasteiger partial charge in [-0.1, -0.05) is 13.8 Å². The number of para-hydroxylation sites is 2. The number of unbranched alkanes of at least 4 members (excludes halogenated alkanes) is 14. The number of aryl methyl sites for hydroxylation is 2. The van der Waals surface area contributed by atoms with Gasteiger partial charge in [-0.15, -0.1) is 0 Å². The summed E-state index contributed by atoms with van der Waals surface area (Å²) in [5.74, 6) is 1.91. The van der Waals surface area contributed by atoms with E-state index in [1.165, 1.54) is 114 Å². The SMILES string of the molecule is CCCCCCCCCCc1ccccc1[O][Co][O]c1ccccc1CCCCCCCCCC.O.O. The molecule has 0 aliphatic heterocycles. The first-order valence-electron chi connectivity index (χ1n) is 14.5. The van der Waals surface area contributed by atoms with Gasteiger partial charge in [0, 0.05) is 0 Å². The van der Waals surface area contributed by atoms with Crippen molar-refractivity contribution in [3.8, 4) is 11.5 Å². The minimum atomic E-state index is 0. The van der Waals surface area contributed by atoms with E-state index in [1.807, 2.05) is 0 Å². The molecule has 0 saturated carbocycles. The van der Waals surface area contributed by atoms with E-state index < -0.39 is 0 Å².